The molecule has 1 rings (SSSR count). The van der Waals surface area contributed by atoms with Crippen LogP contribution in [0.15, 0.2) is 12.1 Å². The Kier molecular flexibility index (Phi) is 4.43. The number of phenols is 1. The first kappa shape index (κ1) is 11.9. The van der Waals surface area contributed by atoms with Crippen LogP contribution in [0.25, 0.3) is 0 Å². The molecule has 15 heavy (non-hydrogen) atoms. The van der Waals surface area contributed by atoms with Gasteiger partial charge in [0.25, 0.3) is 0 Å². The molecular weight excluding hydrogens is 190 g/mol. The third kappa shape index (κ3) is 2.86. The van der Waals surface area contributed by atoms with Gasteiger partial charge >= 0.3 is 0 Å². The molecule has 3 heteroatoms. The van der Waals surface area contributed by atoms with Crippen LogP contribution in [0.4, 0.5) is 0 Å². The van der Waals surface area contributed by atoms with Gasteiger partial charge in [-0.15, -0.1) is 0 Å². The molecule has 84 valence electrons. The van der Waals surface area contributed by atoms with Crippen LogP contribution in [-0.4, -0.2) is 18.8 Å². The fourth-order valence-electron chi connectivity index (χ4n) is 1.63. The second-order valence-electron chi connectivity index (χ2n) is 3.67. The predicted molar refractivity (Wildman–Crippen MR) is 61.4 cm³/mol. The summed E-state index contributed by atoms with van der Waals surface area (Å²) in [4.78, 5) is 0. The lowest BCUT2D eigenvalue weighted by Gasteiger charge is -2.11. The van der Waals surface area contributed by atoms with E-state index in [2.05, 4.69) is 0 Å². The first-order chi connectivity index (χ1) is 7.20. The molecule has 0 radical (unpaired) electrons. The fourth-order valence-corrected chi connectivity index (χ4v) is 1.63. The molecule has 0 spiro atoms. The van der Waals surface area contributed by atoms with E-state index in [4.69, 9.17) is 10.5 Å². The van der Waals surface area contributed by atoms with Crippen molar-refractivity contribution in [2.75, 3.05) is 13.7 Å². The van der Waals surface area contributed by atoms with Gasteiger partial charge in [-0.05, 0) is 43.9 Å². The zero-order valence-electron chi connectivity index (χ0n) is 9.42. The molecule has 0 aromatic heterocycles. The number of hydrogen-bond donors (Lipinski definition) is 2. The molecule has 0 saturated carbocycles. The molecule has 1 aromatic rings. The summed E-state index contributed by atoms with van der Waals surface area (Å²) in [5.74, 6) is 0.856. The Labute approximate surface area is 90.9 Å². The predicted octanol–water partition coefficient (Wildman–Crippen LogP) is 1.99. The van der Waals surface area contributed by atoms with E-state index in [9.17, 15) is 5.11 Å². The number of rotatable bonds is 5. The van der Waals surface area contributed by atoms with E-state index in [0.717, 1.165) is 30.4 Å². The Morgan fingerprint density at radius 3 is 2.67 bits per heavy atom. The van der Waals surface area contributed by atoms with E-state index in [1.165, 1.54) is 0 Å². The summed E-state index contributed by atoms with van der Waals surface area (Å²) in [6, 6.07) is 3.92. The number of nitrogens with two attached hydrogens (primary N) is 1. The molecule has 0 aliphatic carbocycles. The van der Waals surface area contributed by atoms with E-state index < -0.39 is 0 Å². The van der Waals surface area contributed by atoms with Crippen molar-refractivity contribution in [3.63, 3.8) is 0 Å². The smallest absolute Gasteiger partial charge is 0.163 e. The molecule has 0 aliphatic heterocycles. The van der Waals surface area contributed by atoms with Crippen LogP contribution in [0.1, 0.15) is 24.0 Å². The highest BCUT2D eigenvalue weighted by atomic mass is 16.5. The van der Waals surface area contributed by atoms with Crippen LogP contribution in [0, 0.1) is 6.92 Å². The van der Waals surface area contributed by atoms with Gasteiger partial charge in [0, 0.05) is 0 Å². The van der Waals surface area contributed by atoms with Crippen molar-refractivity contribution in [3.05, 3.63) is 23.3 Å². The molecule has 0 unspecified atom stereocenters. The Bertz CT molecular complexity index is 324. The zero-order valence-corrected chi connectivity index (χ0v) is 9.42. The molecule has 0 aliphatic rings. The number of unbranched alkanes of at least 4 members (excludes halogenated alkanes) is 1. The summed E-state index contributed by atoms with van der Waals surface area (Å²) in [7, 11) is 1.58. The number of phenolic OH excluding ortho intramolecular Hbond substituents is 1. The van der Waals surface area contributed by atoms with Crippen LogP contribution in [0.3, 0.4) is 0 Å². The molecule has 0 atom stereocenters. The number of benzene rings is 1. The molecule has 0 bridgehead atoms. The monoisotopic (exact) mass is 209 g/mol. The standard InChI is InChI=1S/C12H19NO2/c1-9-6-7-10(5-3-4-8-13)11(14)12(9)15-2/h6-7,14H,3-5,8,13H2,1-2H3. The third-order valence-electron chi connectivity index (χ3n) is 2.52. The molecule has 0 saturated heterocycles. The van der Waals surface area contributed by atoms with Crippen molar-refractivity contribution < 1.29 is 9.84 Å². The van der Waals surface area contributed by atoms with E-state index in [0.29, 0.717) is 12.3 Å². The second-order valence-corrected chi connectivity index (χ2v) is 3.67. The number of aryl methyl sites for hydroxylation is 2. The highest BCUT2D eigenvalue weighted by molar-refractivity contribution is 5.50. The average molecular weight is 209 g/mol. The minimum absolute atomic E-state index is 0.273. The molecule has 0 amide bonds. The van der Waals surface area contributed by atoms with Crippen molar-refractivity contribution in [1.82, 2.24) is 0 Å². The Balaban J connectivity index is 2.80. The minimum atomic E-state index is 0.273. The summed E-state index contributed by atoms with van der Waals surface area (Å²) < 4.78 is 5.15. The highest BCUT2D eigenvalue weighted by Gasteiger charge is 2.09. The van der Waals surface area contributed by atoms with Crippen LogP contribution in [-0.2, 0) is 6.42 Å². The highest BCUT2D eigenvalue weighted by Crippen LogP contribution is 2.33. The van der Waals surface area contributed by atoms with Gasteiger partial charge in [-0.3, -0.25) is 0 Å². The molecule has 3 N–H and O–H groups in total. The Morgan fingerprint density at radius 2 is 2.07 bits per heavy atom. The SMILES string of the molecule is COc1c(C)ccc(CCCCN)c1O. The van der Waals surface area contributed by atoms with Gasteiger partial charge < -0.3 is 15.6 Å². The number of methoxy groups -OCH3 is 1. The van der Waals surface area contributed by atoms with Crippen molar-refractivity contribution >= 4 is 0 Å². The molecular formula is C12H19NO2. The van der Waals surface area contributed by atoms with Crippen molar-refractivity contribution in [2.24, 2.45) is 5.73 Å². The fraction of sp³-hybridized carbons (Fsp3) is 0.500. The molecule has 1 aromatic carbocycles. The largest absolute Gasteiger partial charge is 0.504 e. The summed E-state index contributed by atoms with van der Waals surface area (Å²) >= 11 is 0. The Morgan fingerprint density at radius 1 is 1.33 bits per heavy atom. The average Bonchev–Trinajstić information content (AvgIpc) is 2.22. The van der Waals surface area contributed by atoms with Crippen LogP contribution < -0.4 is 10.5 Å². The summed E-state index contributed by atoms with van der Waals surface area (Å²) in [6.45, 7) is 2.62. The lowest BCUT2D eigenvalue weighted by atomic mass is 10.0. The van der Waals surface area contributed by atoms with Gasteiger partial charge in [0.15, 0.2) is 11.5 Å². The second kappa shape index (κ2) is 5.61. The first-order valence-electron chi connectivity index (χ1n) is 5.26. The normalized spacial score (nSPS) is 10.3. The first-order valence-corrected chi connectivity index (χ1v) is 5.26. The number of hydrogen-bond acceptors (Lipinski definition) is 3. The summed E-state index contributed by atoms with van der Waals surface area (Å²) in [6.07, 6.45) is 2.82. The van der Waals surface area contributed by atoms with Gasteiger partial charge in [0.2, 0.25) is 0 Å². The number of ether oxygens (including phenoxy) is 1. The Hall–Kier alpha value is -1.22. The van der Waals surface area contributed by atoms with Gasteiger partial charge in [0.1, 0.15) is 0 Å². The third-order valence-corrected chi connectivity index (χ3v) is 2.52. The maximum atomic E-state index is 9.91. The van der Waals surface area contributed by atoms with Gasteiger partial charge in [0.05, 0.1) is 7.11 Å². The lowest BCUT2D eigenvalue weighted by molar-refractivity contribution is 0.367. The van der Waals surface area contributed by atoms with Crippen LogP contribution in [0.5, 0.6) is 11.5 Å². The maximum absolute atomic E-state index is 9.91. The quantitative estimate of drug-likeness (QED) is 0.729. The van der Waals surface area contributed by atoms with Crippen molar-refractivity contribution in [3.8, 4) is 11.5 Å². The van der Waals surface area contributed by atoms with Crippen LogP contribution >= 0.6 is 0 Å². The van der Waals surface area contributed by atoms with Crippen molar-refractivity contribution in [1.29, 1.82) is 0 Å². The summed E-state index contributed by atoms with van der Waals surface area (Å²) in [5.41, 5.74) is 7.32. The topological polar surface area (TPSA) is 55.5 Å². The van der Waals surface area contributed by atoms with E-state index in [-0.39, 0.29) is 5.75 Å². The molecule has 0 heterocycles. The minimum Gasteiger partial charge on any atom is -0.504 e. The van der Waals surface area contributed by atoms with Gasteiger partial charge in [-0.1, -0.05) is 12.1 Å². The molecule has 0 fully saturated rings. The zero-order chi connectivity index (χ0) is 11.3. The molecule has 3 nitrogen and oxygen atoms in total. The van der Waals surface area contributed by atoms with Gasteiger partial charge in [-0.25, -0.2) is 0 Å². The van der Waals surface area contributed by atoms with Crippen LogP contribution in [0.2, 0.25) is 0 Å². The van der Waals surface area contributed by atoms with E-state index in [1.54, 1.807) is 7.11 Å². The van der Waals surface area contributed by atoms with E-state index >= 15 is 0 Å². The lowest BCUT2D eigenvalue weighted by Crippen LogP contribution is -1.99. The number of aromatic hydroxyl groups is 1. The van der Waals surface area contributed by atoms with Crippen molar-refractivity contribution in [2.45, 2.75) is 26.2 Å². The van der Waals surface area contributed by atoms with E-state index in [1.807, 2.05) is 19.1 Å². The summed E-state index contributed by atoms with van der Waals surface area (Å²) in [5, 5.41) is 9.91. The van der Waals surface area contributed by atoms with Gasteiger partial charge in [-0.2, -0.15) is 0 Å². The maximum Gasteiger partial charge on any atom is 0.163 e.